The van der Waals surface area contributed by atoms with Crippen LogP contribution in [0.5, 0.6) is 0 Å². The Morgan fingerprint density at radius 3 is 3.21 bits per heavy atom. The largest absolute Gasteiger partial charge is 0.334 e. The van der Waals surface area contributed by atoms with E-state index < -0.39 is 0 Å². The van der Waals surface area contributed by atoms with E-state index in [1.807, 2.05) is 6.20 Å². The van der Waals surface area contributed by atoms with Gasteiger partial charge in [-0.1, -0.05) is 6.92 Å². The molecule has 1 aromatic rings. The number of piperidine rings is 1. The summed E-state index contributed by atoms with van der Waals surface area (Å²) < 4.78 is 2.28. The fourth-order valence-electron chi connectivity index (χ4n) is 3.60. The zero-order chi connectivity index (χ0) is 13.1. The summed E-state index contributed by atoms with van der Waals surface area (Å²) in [5, 5.41) is 3.73. The van der Waals surface area contributed by atoms with Gasteiger partial charge in [0.1, 0.15) is 5.82 Å². The molecule has 19 heavy (non-hydrogen) atoms. The van der Waals surface area contributed by atoms with Crippen molar-refractivity contribution in [3.63, 3.8) is 0 Å². The van der Waals surface area contributed by atoms with Crippen molar-refractivity contribution in [3.8, 4) is 0 Å². The molecule has 3 heterocycles. The van der Waals surface area contributed by atoms with Crippen LogP contribution in [0.4, 0.5) is 0 Å². The first-order chi connectivity index (χ1) is 9.36. The van der Waals surface area contributed by atoms with Crippen molar-refractivity contribution in [1.82, 2.24) is 19.8 Å². The van der Waals surface area contributed by atoms with Crippen molar-refractivity contribution < 1.29 is 0 Å². The molecule has 3 rings (SSSR count). The van der Waals surface area contributed by atoms with Crippen molar-refractivity contribution >= 4 is 0 Å². The first-order valence-electron chi connectivity index (χ1n) is 7.84. The third-order valence-corrected chi connectivity index (χ3v) is 4.64. The van der Waals surface area contributed by atoms with Crippen LogP contribution in [0, 0.1) is 0 Å². The van der Waals surface area contributed by atoms with Gasteiger partial charge in [-0.25, -0.2) is 4.98 Å². The van der Waals surface area contributed by atoms with Crippen LogP contribution < -0.4 is 5.32 Å². The smallest absolute Gasteiger partial charge is 0.122 e. The van der Waals surface area contributed by atoms with Crippen LogP contribution in [-0.2, 0) is 13.1 Å². The molecule has 2 fully saturated rings. The lowest BCUT2D eigenvalue weighted by Gasteiger charge is -2.35. The predicted octanol–water partition coefficient (Wildman–Crippen LogP) is 2.01. The van der Waals surface area contributed by atoms with Gasteiger partial charge in [0.15, 0.2) is 0 Å². The number of fused-ring (bicyclic) bond motifs is 1. The number of rotatable bonds is 5. The first-order valence-corrected chi connectivity index (χ1v) is 7.84. The number of aromatic nitrogens is 2. The van der Waals surface area contributed by atoms with Crippen molar-refractivity contribution in [3.05, 3.63) is 18.2 Å². The third kappa shape index (κ3) is 3.00. The Morgan fingerprint density at radius 1 is 1.37 bits per heavy atom. The lowest BCUT2D eigenvalue weighted by Crippen LogP contribution is -2.45. The van der Waals surface area contributed by atoms with Crippen LogP contribution in [-0.4, -0.2) is 39.6 Å². The van der Waals surface area contributed by atoms with Gasteiger partial charge in [0.2, 0.25) is 0 Å². The molecule has 4 nitrogen and oxygen atoms in total. The zero-order valence-corrected chi connectivity index (χ0v) is 12.0. The molecule has 0 aliphatic carbocycles. The molecule has 4 heteroatoms. The molecule has 0 amide bonds. The van der Waals surface area contributed by atoms with Gasteiger partial charge < -0.3 is 14.8 Å². The summed E-state index contributed by atoms with van der Waals surface area (Å²) in [4.78, 5) is 7.15. The Balaban J connectivity index is 1.50. The van der Waals surface area contributed by atoms with Crippen LogP contribution in [0.15, 0.2) is 12.4 Å². The Hall–Kier alpha value is -0.870. The molecular formula is C15H26N4. The van der Waals surface area contributed by atoms with Gasteiger partial charge in [-0.05, 0) is 45.2 Å². The lowest BCUT2D eigenvalue weighted by molar-refractivity contribution is 0.166. The SMILES string of the molecule is CCCn1ccnc1CNC1CCN2CCCC2C1. The van der Waals surface area contributed by atoms with E-state index in [-0.39, 0.29) is 0 Å². The highest BCUT2D eigenvalue weighted by atomic mass is 15.2. The first kappa shape index (κ1) is 13.1. The maximum atomic E-state index is 4.48. The minimum absolute atomic E-state index is 0.686. The van der Waals surface area contributed by atoms with Gasteiger partial charge >= 0.3 is 0 Å². The maximum Gasteiger partial charge on any atom is 0.122 e. The summed E-state index contributed by atoms with van der Waals surface area (Å²) in [7, 11) is 0. The molecule has 2 aliphatic heterocycles. The molecule has 1 aromatic heterocycles. The van der Waals surface area contributed by atoms with Crippen molar-refractivity contribution in [2.45, 2.75) is 64.2 Å². The second-order valence-corrected chi connectivity index (χ2v) is 5.97. The van der Waals surface area contributed by atoms with Gasteiger partial charge in [0, 0.05) is 31.0 Å². The Labute approximate surface area is 116 Å². The summed E-state index contributed by atoms with van der Waals surface area (Å²) in [5.74, 6) is 1.19. The molecule has 106 valence electrons. The quantitative estimate of drug-likeness (QED) is 0.881. The van der Waals surface area contributed by atoms with E-state index in [9.17, 15) is 0 Å². The highest BCUT2D eigenvalue weighted by Gasteiger charge is 2.31. The van der Waals surface area contributed by atoms with Crippen LogP contribution >= 0.6 is 0 Å². The van der Waals surface area contributed by atoms with E-state index in [2.05, 4.69) is 32.9 Å². The summed E-state index contributed by atoms with van der Waals surface area (Å²) in [6.45, 7) is 6.83. The predicted molar refractivity (Wildman–Crippen MR) is 77.0 cm³/mol. The highest BCUT2D eigenvalue weighted by Crippen LogP contribution is 2.26. The van der Waals surface area contributed by atoms with Gasteiger partial charge in [-0.15, -0.1) is 0 Å². The average Bonchev–Trinajstić information content (AvgIpc) is 3.05. The molecule has 2 unspecified atom stereocenters. The van der Waals surface area contributed by atoms with Gasteiger partial charge in [-0.3, -0.25) is 0 Å². The number of nitrogens with one attached hydrogen (secondary N) is 1. The Bertz CT molecular complexity index is 401. The average molecular weight is 262 g/mol. The molecule has 0 aromatic carbocycles. The molecule has 0 saturated carbocycles. The Kier molecular flexibility index (Phi) is 4.18. The number of hydrogen-bond acceptors (Lipinski definition) is 3. The zero-order valence-electron chi connectivity index (χ0n) is 12.0. The van der Waals surface area contributed by atoms with Crippen LogP contribution in [0.1, 0.15) is 44.9 Å². The lowest BCUT2D eigenvalue weighted by atomic mass is 9.97. The standard InChI is InChI=1S/C15H26N4/c1-2-7-19-10-6-16-15(19)12-17-13-5-9-18-8-3-4-14(18)11-13/h6,10,13-14,17H,2-5,7-9,11-12H2,1H3. The molecule has 1 N–H and O–H groups in total. The number of nitrogens with zero attached hydrogens (tertiary/aromatic N) is 3. The van der Waals surface area contributed by atoms with E-state index in [1.54, 1.807) is 0 Å². The fourth-order valence-corrected chi connectivity index (χ4v) is 3.60. The number of hydrogen-bond donors (Lipinski definition) is 1. The van der Waals surface area contributed by atoms with Crippen LogP contribution in [0.25, 0.3) is 0 Å². The van der Waals surface area contributed by atoms with Crippen molar-refractivity contribution in [2.24, 2.45) is 0 Å². The van der Waals surface area contributed by atoms with Crippen molar-refractivity contribution in [1.29, 1.82) is 0 Å². The summed E-state index contributed by atoms with van der Waals surface area (Å²) in [5.41, 5.74) is 0. The van der Waals surface area contributed by atoms with E-state index in [0.717, 1.165) is 19.1 Å². The molecule has 2 saturated heterocycles. The third-order valence-electron chi connectivity index (χ3n) is 4.64. The summed E-state index contributed by atoms with van der Waals surface area (Å²) in [6.07, 6.45) is 10.6. The molecule has 0 bridgehead atoms. The van der Waals surface area contributed by atoms with Gasteiger partial charge in [-0.2, -0.15) is 0 Å². The number of imidazole rings is 1. The van der Waals surface area contributed by atoms with Gasteiger partial charge in [0.25, 0.3) is 0 Å². The molecule has 0 spiro atoms. The van der Waals surface area contributed by atoms with Gasteiger partial charge in [0.05, 0.1) is 6.54 Å². The van der Waals surface area contributed by atoms with Crippen LogP contribution in [0.3, 0.4) is 0 Å². The molecule has 2 aliphatic rings. The van der Waals surface area contributed by atoms with E-state index >= 15 is 0 Å². The van der Waals surface area contributed by atoms with E-state index in [4.69, 9.17) is 0 Å². The number of aryl methyl sites for hydroxylation is 1. The summed E-state index contributed by atoms with van der Waals surface area (Å²) >= 11 is 0. The minimum Gasteiger partial charge on any atom is -0.334 e. The molecule has 2 atom stereocenters. The minimum atomic E-state index is 0.686. The maximum absolute atomic E-state index is 4.48. The Morgan fingerprint density at radius 2 is 2.32 bits per heavy atom. The van der Waals surface area contributed by atoms with E-state index in [0.29, 0.717) is 6.04 Å². The van der Waals surface area contributed by atoms with E-state index in [1.165, 1.54) is 51.0 Å². The van der Waals surface area contributed by atoms with Crippen molar-refractivity contribution in [2.75, 3.05) is 13.1 Å². The summed E-state index contributed by atoms with van der Waals surface area (Å²) in [6, 6.07) is 1.53. The normalized spacial score (nSPS) is 27.6. The molecule has 0 radical (unpaired) electrons. The fraction of sp³-hybridized carbons (Fsp3) is 0.800. The topological polar surface area (TPSA) is 33.1 Å². The van der Waals surface area contributed by atoms with Crippen LogP contribution in [0.2, 0.25) is 0 Å². The second-order valence-electron chi connectivity index (χ2n) is 5.97. The second kappa shape index (κ2) is 6.06. The molecular weight excluding hydrogens is 236 g/mol. The highest BCUT2D eigenvalue weighted by molar-refractivity contribution is 4.94. The monoisotopic (exact) mass is 262 g/mol.